The number of hydrogen-bond acceptors (Lipinski definition) is 3. The highest BCUT2D eigenvalue weighted by atomic mass is 35.5. The van der Waals surface area contributed by atoms with Crippen molar-refractivity contribution in [3.63, 3.8) is 0 Å². The highest BCUT2D eigenvalue weighted by Crippen LogP contribution is 2.23. The molecular formula is C18H20ClFN2O3S. The number of carbonyl (C=O) groups is 1. The first-order valence-corrected chi connectivity index (χ1v) is 10.3. The van der Waals surface area contributed by atoms with Crippen LogP contribution in [0.4, 0.5) is 10.1 Å². The normalized spacial score (nSPS) is 11.2. The smallest absolute Gasteiger partial charge is 0.255 e. The Morgan fingerprint density at radius 3 is 2.50 bits per heavy atom. The fraction of sp³-hybridized carbons (Fsp3) is 0.278. The van der Waals surface area contributed by atoms with E-state index < -0.39 is 21.7 Å². The summed E-state index contributed by atoms with van der Waals surface area (Å²) in [5.41, 5.74) is 1.19. The number of nitrogens with one attached hydrogen (secondary N) is 1. The summed E-state index contributed by atoms with van der Waals surface area (Å²) in [5, 5.41) is 2.52. The van der Waals surface area contributed by atoms with Gasteiger partial charge in [-0.2, -0.15) is 0 Å². The topological polar surface area (TPSA) is 66.5 Å². The lowest BCUT2D eigenvalue weighted by molar-refractivity contribution is 0.0951. The second-order valence-corrected chi connectivity index (χ2v) is 7.98. The monoisotopic (exact) mass is 398 g/mol. The predicted octanol–water partition coefficient (Wildman–Crippen LogP) is 3.24. The first kappa shape index (κ1) is 20.2. The number of benzene rings is 2. The van der Waals surface area contributed by atoms with Gasteiger partial charge in [0.15, 0.2) is 0 Å². The molecule has 0 atom stereocenters. The van der Waals surface area contributed by atoms with Gasteiger partial charge in [-0.3, -0.25) is 9.10 Å². The second kappa shape index (κ2) is 8.51. The van der Waals surface area contributed by atoms with Crippen LogP contribution in [-0.4, -0.2) is 33.7 Å². The third-order valence-corrected chi connectivity index (χ3v) is 5.33. The first-order chi connectivity index (χ1) is 12.3. The Morgan fingerprint density at radius 2 is 1.88 bits per heavy atom. The summed E-state index contributed by atoms with van der Waals surface area (Å²) in [5.74, 6) is -1.42. The van der Waals surface area contributed by atoms with Gasteiger partial charge in [0.05, 0.1) is 29.1 Å². The summed E-state index contributed by atoms with van der Waals surface area (Å²) in [4.78, 5) is 12.2. The molecule has 0 heterocycles. The number of nitrogens with zero attached hydrogens (tertiary/aromatic N) is 1. The zero-order valence-corrected chi connectivity index (χ0v) is 16.1. The quantitative estimate of drug-likeness (QED) is 0.778. The molecule has 0 aliphatic carbocycles. The Hall–Kier alpha value is -2.12. The summed E-state index contributed by atoms with van der Waals surface area (Å²) in [7, 11) is -3.55. The maximum Gasteiger partial charge on any atom is 0.255 e. The average Bonchev–Trinajstić information content (AvgIpc) is 2.57. The van der Waals surface area contributed by atoms with Gasteiger partial charge in [-0.05, 0) is 30.2 Å². The SMILES string of the molecule is CCc1ccccc1N(CCNC(=O)c1c(F)cccc1Cl)S(C)(=O)=O. The van der Waals surface area contributed by atoms with Crippen molar-refractivity contribution in [2.24, 2.45) is 0 Å². The number of para-hydroxylation sites is 1. The van der Waals surface area contributed by atoms with Gasteiger partial charge >= 0.3 is 0 Å². The number of hydrogen-bond donors (Lipinski definition) is 1. The lowest BCUT2D eigenvalue weighted by Gasteiger charge is -2.25. The molecule has 2 aromatic carbocycles. The summed E-state index contributed by atoms with van der Waals surface area (Å²) in [6.45, 7) is 1.96. The minimum absolute atomic E-state index is 0.00111. The van der Waals surface area contributed by atoms with Crippen LogP contribution >= 0.6 is 11.6 Å². The van der Waals surface area contributed by atoms with Gasteiger partial charge in [-0.25, -0.2) is 12.8 Å². The van der Waals surface area contributed by atoms with E-state index in [2.05, 4.69) is 5.32 Å². The number of carbonyl (C=O) groups excluding carboxylic acids is 1. The van der Waals surface area contributed by atoms with Gasteiger partial charge in [0.2, 0.25) is 10.0 Å². The molecule has 0 unspecified atom stereocenters. The summed E-state index contributed by atoms with van der Waals surface area (Å²) in [6, 6.07) is 11.1. The Kier molecular flexibility index (Phi) is 6.61. The minimum atomic E-state index is -3.55. The fourth-order valence-electron chi connectivity index (χ4n) is 2.59. The van der Waals surface area contributed by atoms with Gasteiger partial charge in [0, 0.05) is 6.54 Å². The number of anilines is 1. The molecule has 0 spiro atoms. The largest absolute Gasteiger partial charge is 0.350 e. The van der Waals surface area contributed by atoms with E-state index in [1.165, 1.54) is 16.4 Å². The van der Waals surface area contributed by atoms with Crippen molar-refractivity contribution in [2.45, 2.75) is 13.3 Å². The standard InChI is InChI=1S/C18H20ClFN2O3S/c1-3-13-7-4-5-10-16(13)22(26(2,24)25)12-11-21-18(23)17-14(19)8-6-9-15(17)20/h4-10H,3,11-12H2,1-2H3,(H,21,23). The Labute approximate surface area is 157 Å². The maximum atomic E-state index is 13.8. The molecule has 0 bridgehead atoms. The lowest BCUT2D eigenvalue weighted by atomic mass is 10.1. The molecule has 2 aromatic rings. The lowest BCUT2D eigenvalue weighted by Crippen LogP contribution is -2.38. The van der Waals surface area contributed by atoms with Crippen molar-refractivity contribution in [3.8, 4) is 0 Å². The molecule has 8 heteroatoms. The predicted molar refractivity (Wildman–Crippen MR) is 102 cm³/mol. The highest BCUT2D eigenvalue weighted by Gasteiger charge is 2.21. The molecule has 26 heavy (non-hydrogen) atoms. The van der Waals surface area contributed by atoms with Crippen molar-refractivity contribution in [2.75, 3.05) is 23.7 Å². The number of halogens is 2. The third kappa shape index (κ3) is 4.74. The molecule has 0 saturated carbocycles. The molecule has 2 rings (SSSR count). The molecular weight excluding hydrogens is 379 g/mol. The van der Waals surface area contributed by atoms with Crippen LogP contribution in [0, 0.1) is 5.82 Å². The third-order valence-electron chi connectivity index (χ3n) is 3.83. The molecule has 5 nitrogen and oxygen atoms in total. The van der Waals surface area contributed by atoms with E-state index in [4.69, 9.17) is 11.6 Å². The molecule has 0 radical (unpaired) electrons. The summed E-state index contributed by atoms with van der Waals surface area (Å²) in [6.07, 6.45) is 1.77. The zero-order valence-electron chi connectivity index (χ0n) is 14.5. The molecule has 0 aliphatic rings. The highest BCUT2D eigenvalue weighted by molar-refractivity contribution is 7.92. The van der Waals surface area contributed by atoms with E-state index in [0.717, 1.165) is 17.9 Å². The van der Waals surface area contributed by atoms with E-state index in [0.29, 0.717) is 12.1 Å². The molecule has 0 saturated heterocycles. The van der Waals surface area contributed by atoms with Crippen LogP contribution in [0.15, 0.2) is 42.5 Å². The Bertz CT molecular complexity index is 883. The zero-order chi connectivity index (χ0) is 19.3. The Morgan fingerprint density at radius 1 is 1.19 bits per heavy atom. The van der Waals surface area contributed by atoms with Gasteiger partial charge < -0.3 is 5.32 Å². The maximum absolute atomic E-state index is 13.8. The van der Waals surface area contributed by atoms with Crippen LogP contribution < -0.4 is 9.62 Å². The first-order valence-electron chi connectivity index (χ1n) is 8.03. The molecule has 0 aliphatic heterocycles. The van der Waals surface area contributed by atoms with Crippen LogP contribution in [0.5, 0.6) is 0 Å². The van der Waals surface area contributed by atoms with Crippen molar-refractivity contribution in [1.29, 1.82) is 0 Å². The van der Waals surface area contributed by atoms with E-state index >= 15 is 0 Å². The van der Waals surface area contributed by atoms with E-state index in [9.17, 15) is 17.6 Å². The average molecular weight is 399 g/mol. The minimum Gasteiger partial charge on any atom is -0.350 e. The van der Waals surface area contributed by atoms with E-state index in [-0.39, 0.29) is 23.7 Å². The summed E-state index contributed by atoms with van der Waals surface area (Å²) >= 11 is 5.87. The number of amides is 1. The van der Waals surface area contributed by atoms with Crippen LogP contribution in [0.3, 0.4) is 0 Å². The van der Waals surface area contributed by atoms with E-state index in [1.807, 2.05) is 19.1 Å². The van der Waals surface area contributed by atoms with Crippen LogP contribution in [0.25, 0.3) is 0 Å². The second-order valence-electron chi connectivity index (χ2n) is 5.67. The molecule has 1 amide bonds. The van der Waals surface area contributed by atoms with Crippen LogP contribution in [0.2, 0.25) is 5.02 Å². The van der Waals surface area contributed by atoms with Gasteiger partial charge in [0.25, 0.3) is 5.91 Å². The number of sulfonamides is 1. The number of rotatable bonds is 7. The molecule has 0 fully saturated rings. The van der Waals surface area contributed by atoms with Crippen LogP contribution in [0.1, 0.15) is 22.8 Å². The van der Waals surface area contributed by atoms with Crippen LogP contribution in [-0.2, 0) is 16.4 Å². The number of aryl methyl sites for hydroxylation is 1. The van der Waals surface area contributed by atoms with Crippen molar-refractivity contribution >= 4 is 33.2 Å². The Balaban J connectivity index is 2.15. The van der Waals surface area contributed by atoms with E-state index in [1.54, 1.807) is 12.1 Å². The van der Waals surface area contributed by atoms with Crippen molar-refractivity contribution in [3.05, 3.63) is 64.4 Å². The van der Waals surface area contributed by atoms with Crippen molar-refractivity contribution in [1.82, 2.24) is 5.32 Å². The molecule has 140 valence electrons. The van der Waals surface area contributed by atoms with Gasteiger partial charge in [-0.1, -0.05) is 42.8 Å². The summed E-state index contributed by atoms with van der Waals surface area (Å²) < 4.78 is 39.4. The van der Waals surface area contributed by atoms with Gasteiger partial charge in [-0.15, -0.1) is 0 Å². The molecule has 0 aromatic heterocycles. The molecule has 1 N–H and O–H groups in total. The van der Waals surface area contributed by atoms with Gasteiger partial charge in [0.1, 0.15) is 5.82 Å². The fourth-order valence-corrected chi connectivity index (χ4v) is 3.80. The van der Waals surface area contributed by atoms with Crippen molar-refractivity contribution < 1.29 is 17.6 Å².